The number of methoxy groups -OCH3 is 3. The maximum absolute atomic E-state index is 13.0. The first-order valence-electron chi connectivity index (χ1n) is 8.79. The van der Waals surface area contributed by atoms with Gasteiger partial charge in [-0.15, -0.1) is 0 Å². The van der Waals surface area contributed by atoms with Crippen LogP contribution in [-0.2, 0) is 14.8 Å². The fraction of sp³-hybridized carbons (Fsp3) is 0.350. The summed E-state index contributed by atoms with van der Waals surface area (Å²) < 4.78 is 42.0. The number of hydrogen-bond donors (Lipinski definition) is 1. The fourth-order valence-electron chi connectivity index (χ4n) is 2.91. The largest absolute Gasteiger partial charge is 0.497 e. The lowest BCUT2D eigenvalue weighted by molar-refractivity contribution is -0.116. The van der Waals surface area contributed by atoms with Crippen molar-refractivity contribution in [3.63, 3.8) is 0 Å². The van der Waals surface area contributed by atoms with Gasteiger partial charge >= 0.3 is 0 Å². The monoisotopic (exact) mass is 422 g/mol. The van der Waals surface area contributed by atoms with Crippen LogP contribution >= 0.6 is 0 Å². The van der Waals surface area contributed by atoms with Gasteiger partial charge in [-0.05, 0) is 43.7 Å². The lowest BCUT2D eigenvalue weighted by atomic mass is 10.2. The average molecular weight is 423 g/mol. The van der Waals surface area contributed by atoms with Gasteiger partial charge in [0.05, 0.1) is 39.0 Å². The average Bonchev–Trinajstić information content (AvgIpc) is 2.67. The molecular weight excluding hydrogens is 396 g/mol. The molecule has 2 aromatic rings. The number of benzene rings is 2. The lowest BCUT2D eigenvalue weighted by Gasteiger charge is -2.29. The van der Waals surface area contributed by atoms with E-state index in [0.29, 0.717) is 22.9 Å². The van der Waals surface area contributed by atoms with Crippen LogP contribution in [0, 0.1) is 6.92 Å². The topological polar surface area (TPSA) is 94.2 Å². The third-order valence-corrected chi connectivity index (χ3v) is 5.55. The Morgan fingerprint density at radius 1 is 1.00 bits per heavy atom. The highest BCUT2D eigenvalue weighted by atomic mass is 32.2. The lowest BCUT2D eigenvalue weighted by Crippen LogP contribution is -2.45. The molecule has 0 aliphatic heterocycles. The molecule has 158 valence electrons. The molecule has 0 fully saturated rings. The van der Waals surface area contributed by atoms with Crippen LogP contribution in [0.2, 0.25) is 0 Å². The second-order valence-corrected chi connectivity index (χ2v) is 8.32. The predicted octanol–water partition coefficient (Wildman–Crippen LogP) is 2.81. The van der Waals surface area contributed by atoms with E-state index in [1.54, 1.807) is 24.3 Å². The molecule has 0 aromatic heterocycles. The van der Waals surface area contributed by atoms with Gasteiger partial charge in [0.1, 0.15) is 23.3 Å². The van der Waals surface area contributed by atoms with Crippen LogP contribution in [0.15, 0.2) is 36.4 Å². The maximum Gasteiger partial charge on any atom is 0.248 e. The van der Waals surface area contributed by atoms with Gasteiger partial charge in [-0.3, -0.25) is 9.10 Å². The van der Waals surface area contributed by atoms with Gasteiger partial charge in [-0.1, -0.05) is 6.07 Å². The van der Waals surface area contributed by atoms with E-state index in [2.05, 4.69) is 5.32 Å². The van der Waals surface area contributed by atoms with Crippen LogP contribution < -0.4 is 23.8 Å². The molecule has 9 heteroatoms. The molecule has 1 N–H and O–H groups in total. The molecule has 1 atom stereocenters. The first-order valence-corrected chi connectivity index (χ1v) is 10.6. The highest BCUT2D eigenvalue weighted by Gasteiger charge is 2.32. The van der Waals surface area contributed by atoms with Crippen molar-refractivity contribution in [2.24, 2.45) is 0 Å². The summed E-state index contributed by atoms with van der Waals surface area (Å²) in [5.41, 5.74) is 1.58. The third kappa shape index (κ3) is 5.11. The van der Waals surface area contributed by atoms with E-state index in [9.17, 15) is 13.2 Å². The van der Waals surface area contributed by atoms with Crippen molar-refractivity contribution >= 4 is 27.3 Å². The minimum atomic E-state index is -3.83. The molecule has 0 aliphatic rings. The summed E-state index contributed by atoms with van der Waals surface area (Å²) in [4.78, 5) is 13.0. The van der Waals surface area contributed by atoms with Crippen LogP contribution in [-0.4, -0.2) is 48.0 Å². The van der Waals surface area contributed by atoms with Gasteiger partial charge in [0.25, 0.3) is 0 Å². The summed E-state index contributed by atoms with van der Waals surface area (Å²) in [6.07, 6.45) is 1.03. The van der Waals surface area contributed by atoms with Crippen molar-refractivity contribution < 1.29 is 27.4 Å². The first kappa shape index (κ1) is 22.4. The molecule has 1 amide bonds. The highest BCUT2D eigenvalue weighted by molar-refractivity contribution is 7.92. The van der Waals surface area contributed by atoms with Gasteiger partial charge in [0, 0.05) is 6.07 Å². The van der Waals surface area contributed by atoms with Crippen molar-refractivity contribution in [1.82, 2.24) is 0 Å². The number of aryl methyl sites for hydroxylation is 1. The Bertz CT molecular complexity index is 990. The Labute approximate surface area is 171 Å². The highest BCUT2D eigenvalue weighted by Crippen LogP contribution is 2.35. The number of anilines is 2. The van der Waals surface area contributed by atoms with Crippen LogP contribution in [0.25, 0.3) is 0 Å². The van der Waals surface area contributed by atoms with E-state index < -0.39 is 22.0 Å². The number of hydrogen-bond acceptors (Lipinski definition) is 6. The zero-order valence-electron chi connectivity index (χ0n) is 17.3. The van der Waals surface area contributed by atoms with Gasteiger partial charge in [0.15, 0.2) is 0 Å². The molecule has 2 aromatic carbocycles. The molecule has 0 spiro atoms. The SMILES string of the molecule is COc1ccc(OC)c(N([C@@H](C)C(=O)Nc2cc(C)ccc2OC)S(C)(=O)=O)c1. The number of nitrogens with zero attached hydrogens (tertiary/aromatic N) is 1. The molecule has 2 rings (SSSR count). The van der Waals surface area contributed by atoms with Crippen molar-refractivity contribution in [2.75, 3.05) is 37.2 Å². The minimum Gasteiger partial charge on any atom is -0.497 e. The van der Waals surface area contributed by atoms with E-state index in [-0.39, 0.29) is 5.69 Å². The molecule has 0 saturated carbocycles. The Morgan fingerprint density at radius 3 is 2.17 bits per heavy atom. The van der Waals surface area contributed by atoms with E-state index in [1.807, 2.05) is 13.0 Å². The molecule has 0 saturated heterocycles. The second-order valence-electron chi connectivity index (χ2n) is 6.47. The van der Waals surface area contributed by atoms with E-state index in [1.165, 1.54) is 34.3 Å². The summed E-state index contributed by atoms with van der Waals surface area (Å²) in [5.74, 6) is 0.677. The Balaban J connectivity index is 2.47. The predicted molar refractivity (Wildman–Crippen MR) is 113 cm³/mol. The van der Waals surface area contributed by atoms with E-state index in [4.69, 9.17) is 14.2 Å². The quantitative estimate of drug-likeness (QED) is 0.703. The number of sulfonamides is 1. The molecule has 8 nitrogen and oxygen atoms in total. The molecule has 0 unspecified atom stereocenters. The second kappa shape index (κ2) is 9.04. The standard InChI is InChI=1S/C20H26N2O6S/c1-13-7-9-18(27-4)16(11-13)21-20(23)14(2)22(29(6,24)25)17-12-15(26-3)8-10-19(17)28-5/h7-12,14H,1-6H3,(H,21,23)/t14-/m0/s1. The summed E-state index contributed by atoms with van der Waals surface area (Å²) in [6, 6.07) is 9.00. The number of rotatable bonds is 8. The van der Waals surface area contributed by atoms with Crippen LogP contribution in [0.4, 0.5) is 11.4 Å². The molecule has 0 bridgehead atoms. The number of carbonyl (C=O) groups excluding carboxylic acids is 1. The van der Waals surface area contributed by atoms with Crippen molar-refractivity contribution in [3.8, 4) is 17.2 Å². The van der Waals surface area contributed by atoms with Gasteiger partial charge < -0.3 is 19.5 Å². The van der Waals surface area contributed by atoms with Gasteiger partial charge in [-0.2, -0.15) is 0 Å². The Kier molecular flexibility index (Phi) is 6.97. The van der Waals surface area contributed by atoms with Gasteiger partial charge in [0.2, 0.25) is 15.9 Å². The molecule has 29 heavy (non-hydrogen) atoms. The normalized spacial score (nSPS) is 12.1. The van der Waals surface area contributed by atoms with Gasteiger partial charge in [-0.25, -0.2) is 8.42 Å². The maximum atomic E-state index is 13.0. The fourth-order valence-corrected chi connectivity index (χ4v) is 4.08. The first-order chi connectivity index (χ1) is 13.6. The third-order valence-electron chi connectivity index (χ3n) is 4.32. The molecule has 0 heterocycles. The Morgan fingerprint density at radius 2 is 1.62 bits per heavy atom. The smallest absolute Gasteiger partial charge is 0.248 e. The summed E-state index contributed by atoms with van der Waals surface area (Å²) in [6.45, 7) is 3.38. The van der Waals surface area contributed by atoms with Crippen LogP contribution in [0.5, 0.6) is 17.2 Å². The van der Waals surface area contributed by atoms with Crippen molar-refractivity contribution in [2.45, 2.75) is 19.9 Å². The van der Waals surface area contributed by atoms with Crippen LogP contribution in [0.1, 0.15) is 12.5 Å². The summed E-state index contributed by atoms with van der Waals surface area (Å²) >= 11 is 0. The zero-order chi connectivity index (χ0) is 21.8. The molecule has 0 radical (unpaired) electrons. The van der Waals surface area contributed by atoms with Crippen molar-refractivity contribution in [3.05, 3.63) is 42.0 Å². The van der Waals surface area contributed by atoms with Crippen molar-refractivity contribution in [1.29, 1.82) is 0 Å². The number of carbonyl (C=O) groups is 1. The zero-order valence-corrected chi connectivity index (χ0v) is 18.2. The Hall–Kier alpha value is -2.94. The molecular formula is C20H26N2O6S. The number of nitrogens with one attached hydrogen (secondary N) is 1. The summed E-state index contributed by atoms with van der Waals surface area (Å²) in [5, 5.41) is 2.75. The number of amides is 1. The minimum absolute atomic E-state index is 0.202. The molecule has 0 aliphatic carbocycles. The number of ether oxygens (including phenoxy) is 3. The van der Waals surface area contributed by atoms with E-state index >= 15 is 0 Å². The van der Waals surface area contributed by atoms with Crippen LogP contribution in [0.3, 0.4) is 0 Å². The summed E-state index contributed by atoms with van der Waals surface area (Å²) in [7, 11) is 0.557. The van der Waals surface area contributed by atoms with E-state index in [0.717, 1.165) is 16.1 Å².